The first kappa shape index (κ1) is 15.5. The SMILES string of the molecule is COc1ccc(CN(C)Cc2ccoc2C)cc1C(N)=S. The Balaban J connectivity index is 2.10. The van der Waals surface area contributed by atoms with Gasteiger partial charge in [0.15, 0.2) is 0 Å². The number of methoxy groups -OCH3 is 1. The monoisotopic (exact) mass is 304 g/mol. The van der Waals surface area contributed by atoms with Crippen molar-refractivity contribution in [3.8, 4) is 5.75 Å². The number of hydrogen-bond acceptors (Lipinski definition) is 4. The Morgan fingerprint density at radius 2 is 2.10 bits per heavy atom. The van der Waals surface area contributed by atoms with Gasteiger partial charge < -0.3 is 14.9 Å². The summed E-state index contributed by atoms with van der Waals surface area (Å²) < 4.78 is 10.6. The Kier molecular flexibility index (Phi) is 4.98. The third kappa shape index (κ3) is 3.83. The molecule has 0 fully saturated rings. The third-order valence-electron chi connectivity index (χ3n) is 3.39. The average Bonchev–Trinajstić information content (AvgIpc) is 2.84. The molecule has 0 aliphatic carbocycles. The van der Waals surface area contributed by atoms with Crippen LogP contribution in [0.5, 0.6) is 5.75 Å². The predicted octanol–water partition coefficient (Wildman–Crippen LogP) is 2.86. The van der Waals surface area contributed by atoms with E-state index < -0.39 is 0 Å². The van der Waals surface area contributed by atoms with Crippen molar-refractivity contribution in [2.75, 3.05) is 14.2 Å². The van der Waals surface area contributed by atoms with E-state index in [2.05, 4.69) is 11.9 Å². The molecule has 0 bridgehead atoms. The summed E-state index contributed by atoms with van der Waals surface area (Å²) in [4.78, 5) is 2.56. The van der Waals surface area contributed by atoms with Crippen molar-refractivity contribution in [3.63, 3.8) is 0 Å². The van der Waals surface area contributed by atoms with E-state index in [1.807, 2.05) is 31.2 Å². The lowest BCUT2D eigenvalue weighted by Gasteiger charge is -2.17. The van der Waals surface area contributed by atoms with Crippen LogP contribution in [0.15, 0.2) is 34.9 Å². The first-order valence-corrected chi connectivity index (χ1v) is 7.10. The van der Waals surface area contributed by atoms with Crippen molar-refractivity contribution in [1.29, 1.82) is 0 Å². The van der Waals surface area contributed by atoms with Gasteiger partial charge in [0.05, 0.1) is 18.9 Å². The molecule has 5 heteroatoms. The number of benzene rings is 1. The van der Waals surface area contributed by atoms with E-state index in [-0.39, 0.29) is 0 Å². The highest BCUT2D eigenvalue weighted by Gasteiger charge is 2.10. The fourth-order valence-electron chi connectivity index (χ4n) is 2.28. The van der Waals surface area contributed by atoms with E-state index in [9.17, 15) is 0 Å². The fraction of sp³-hybridized carbons (Fsp3) is 0.312. The van der Waals surface area contributed by atoms with Crippen LogP contribution in [-0.2, 0) is 13.1 Å². The Morgan fingerprint density at radius 3 is 2.67 bits per heavy atom. The highest BCUT2D eigenvalue weighted by Crippen LogP contribution is 2.21. The number of hydrogen-bond donors (Lipinski definition) is 1. The van der Waals surface area contributed by atoms with Crippen molar-refractivity contribution in [3.05, 3.63) is 53.0 Å². The second kappa shape index (κ2) is 6.74. The topological polar surface area (TPSA) is 51.6 Å². The molecule has 1 aromatic carbocycles. The maximum atomic E-state index is 5.74. The molecule has 0 atom stereocenters. The van der Waals surface area contributed by atoms with Crippen LogP contribution < -0.4 is 10.5 Å². The molecule has 1 heterocycles. The minimum atomic E-state index is 0.349. The van der Waals surface area contributed by atoms with Crippen LogP contribution in [0.3, 0.4) is 0 Å². The molecular formula is C16H20N2O2S. The van der Waals surface area contributed by atoms with Crippen LogP contribution >= 0.6 is 12.2 Å². The number of aryl methyl sites for hydroxylation is 1. The Bertz CT molecular complexity index is 637. The van der Waals surface area contributed by atoms with E-state index in [0.717, 1.165) is 30.0 Å². The summed E-state index contributed by atoms with van der Waals surface area (Å²) in [5.41, 5.74) is 8.86. The van der Waals surface area contributed by atoms with Crippen LogP contribution in [0, 0.1) is 6.92 Å². The molecule has 0 saturated carbocycles. The summed E-state index contributed by atoms with van der Waals surface area (Å²) in [6.45, 7) is 3.60. The van der Waals surface area contributed by atoms with Crippen molar-refractivity contribution in [1.82, 2.24) is 4.90 Å². The van der Waals surface area contributed by atoms with Gasteiger partial charge in [-0.25, -0.2) is 0 Å². The number of nitrogens with zero attached hydrogens (tertiary/aromatic N) is 1. The molecule has 2 rings (SSSR count). The minimum Gasteiger partial charge on any atom is -0.496 e. The van der Waals surface area contributed by atoms with E-state index in [4.69, 9.17) is 27.1 Å². The van der Waals surface area contributed by atoms with Crippen LogP contribution in [0.1, 0.15) is 22.5 Å². The quantitative estimate of drug-likeness (QED) is 0.832. The van der Waals surface area contributed by atoms with Crippen LogP contribution in [0.25, 0.3) is 0 Å². The summed E-state index contributed by atoms with van der Waals surface area (Å²) >= 11 is 5.07. The van der Waals surface area contributed by atoms with E-state index in [0.29, 0.717) is 10.7 Å². The smallest absolute Gasteiger partial charge is 0.129 e. The first-order chi connectivity index (χ1) is 10.0. The van der Waals surface area contributed by atoms with Crippen LogP contribution in [0.4, 0.5) is 0 Å². The number of rotatable bonds is 6. The lowest BCUT2D eigenvalue weighted by Crippen LogP contribution is -2.18. The largest absolute Gasteiger partial charge is 0.496 e. The Hall–Kier alpha value is -1.85. The van der Waals surface area contributed by atoms with Gasteiger partial charge in [0.1, 0.15) is 16.5 Å². The standard InChI is InChI=1S/C16H20N2O2S/c1-11-13(6-7-20-11)10-18(2)9-12-4-5-15(19-3)14(8-12)16(17)21/h4-8H,9-10H2,1-3H3,(H2,17,21). The van der Waals surface area contributed by atoms with Gasteiger partial charge >= 0.3 is 0 Å². The molecule has 0 saturated heterocycles. The zero-order chi connectivity index (χ0) is 15.4. The molecule has 2 N–H and O–H groups in total. The minimum absolute atomic E-state index is 0.349. The third-order valence-corrected chi connectivity index (χ3v) is 3.61. The molecule has 0 aliphatic rings. The zero-order valence-electron chi connectivity index (χ0n) is 12.6. The lowest BCUT2D eigenvalue weighted by molar-refractivity contribution is 0.316. The number of ether oxygens (including phenoxy) is 1. The summed E-state index contributed by atoms with van der Waals surface area (Å²) in [6, 6.07) is 7.92. The van der Waals surface area contributed by atoms with Gasteiger partial charge in [-0.05, 0) is 37.7 Å². The molecule has 1 aromatic heterocycles. The Labute approximate surface area is 130 Å². The van der Waals surface area contributed by atoms with E-state index in [1.165, 1.54) is 5.56 Å². The molecule has 0 radical (unpaired) electrons. The van der Waals surface area contributed by atoms with Gasteiger partial charge in [-0.1, -0.05) is 18.3 Å². The molecular weight excluding hydrogens is 284 g/mol. The molecule has 21 heavy (non-hydrogen) atoms. The van der Waals surface area contributed by atoms with E-state index in [1.54, 1.807) is 13.4 Å². The number of furan rings is 1. The van der Waals surface area contributed by atoms with E-state index >= 15 is 0 Å². The molecule has 4 nitrogen and oxygen atoms in total. The van der Waals surface area contributed by atoms with Gasteiger partial charge in [0.25, 0.3) is 0 Å². The summed E-state index contributed by atoms with van der Waals surface area (Å²) in [5, 5.41) is 0. The van der Waals surface area contributed by atoms with Gasteiger partial charge in [0.2, 0.25) is 0 Å². The number of nitrogens with two attached hydrogens (primary N) is 1. The second-order valence-corrected chi connectivity index (χ2v) is 5.51. The van der Waals surface area contributed by atoms with Crippen LogP contribution in [-0.4, -0.2) is 24.0 Å². The molecule has 0 amide bonds. The maximum absolute atomic E-state index is 5.74. The van der Waals surface area contributed by atoms with Crippen LogP contribution in [0.2, 0.25) is 0 Å². The highest BCUT2D eigenvalue weighted by molar-refractivity contribution is 7.80. The summed E-state index contributed by atoms with van der Waals surface area (Å²) in [5.74, 6) is 1.67. The van der Waals surface area contributed by atoms with Crippen molar-refractivity contribution in [2.24, 2.45) is 5.73 Å². The molecule has 2 aromatic rings. The highest BCUT2D eigenvalue weighted by atomic mass is 32.1. The molecule has 0 spiro atoms. The average molecular weight is 304 g/mol. The molecule has 112 valence electrons. The Morgan fingerprint density at radius 1 is 1.33 bits per heavy atom. The van der Waals surface area contributed by atoms with Crippen molar-refractivity contribution in [2.45, 2.75) is 20.0 Å². The maximum Gasteiger partial charge on any atom is 0.129 e. The van der Waals surface area contributed by atoms with Gasteiger partial charge in [-0.15, -0.1) is 0 Å². The summed E-state index contributed by atoms with van der Waals surface area (Å²) in [6.07, 6.45) is 1.72. The molecule has 0 aliphatic heterocycles. The summed E-state index contributed by atoms with van der Waals surface area (Å²) in [7, 11) is 3.68. The fourth-order valence-corrected chi connectivity index (χ4v) is 2.44. The number of thiocarbonyl (C=S) groups is 1. The second-order valence-electron chi connectivity index (χ2n) is 5.07. The molecule has 0 unspecified atom stereocenters. The normalized spacial score (nSPS) is 10.9. The predicted molar refractivity (Wildman–Crippen MR) is 87.5 cm³/mol. The van der Waals surface area contributed by atoms with Crippen molar-refractivity contribution < 1.29 is 9.15 Å². The lowest BCUT2D eigenvalue weighted by atomic mass is 10.1. The first-order valence-electron chi connectivity index (χ1n) is 6.69. The zero-order valence-corrected chi connectivity index (χ0v) is 13.4. The van der Waals surface area contributed by atoms with Gasteiger partial charge in [-0.2, -0.15) is 0 Å². The van der Waals surface area contributed by atoms with Gasteiger partial charge in [0, 0.05) is 18.7 Å². The van der Waals surface area contributed by atoms with Gasteiger partial charge in [-0.3, -0.25) is 4.90 Å². The van der Waals surface area contributed by atoms with Crippen molar-refractivity contribution >= 4 is 17.2 Å².